The second kappa shape index (κ2) is 11.7. The predicted molar refractivity (Wildman–Crippen MR) is 85.6 cm³/mol. The van der Waals surface area contributed by atoms with Gasteiger partial charge in [0, 0.05) is 0 Å². The smallest absolute Gasteiger partial charge is 0.264 e. The van der Waals surface area contributed by atoms with E-state index in [4.69, 9.17) is 10.5 Å². The van der Waals surface area contributed by atoms with Crippen molar-refractivity contribution in [1.82, 2.24) is 0 Å². The second-order valence-electron chi connectivity index (χ2n) is 5.51. The molecule has 0 aliphatic rings. The first-order valence-corrected chi connectivity index (χ1v) is 8.01. The molecule has 0 bridgehead atoms. The molecule has 2 N–H and O–H groups in total. The first-order chi connectivity index (χ1) is 10.3. The zero-order valence-electron chi connectivity index (χ0n) is 13.0. The number of hydrogen-bond acceptors (Lipinski definition) is 4. The molecule has 21 heavy (non-hydrogen) atoms. The lowest BCUT2D eigenvalue weighted by molar-refractivity contribution is -0.221. The minimum Gasteiger partial charge on any atom is -0.264 e. The molecule has 0 saturated heterocycles. The van der Waals surface area contributed by atoms with Crippen LogP contribution in [-0.4, -0.2) is 17.6 Å². The van der Waals surface area contributed by atoms with Crippen LogP contribution in [0, 0.1) is 0 Å². The van der Waals surface area contributed by atoms with Gasteiger partial charge in [0.2, 0.25) is 0 Å². The summed E-state index contributed by atoms with van der Waals surface area (Å²) in [5.41, 5.74) is 1.83. The molecule has 118 valence electrons. The Bertz CT molecular complexity index is 352. The standard InChI is InChI=1S/C16H27BO4/c1-2-3-4-5-6-7-8-9-10-15-11-13-16(14-12-15)17(20-18)21-19/h11-14,18-19H,2-10H2,1H3. The minimum absolute atomic E-state index is 0.583. The zero-order chi connectivity index (χ0) is 15.3. The molecule has 0 aliphatic heterocycles. The Balaban J connectivity index is 2.15. The SMILES string of the molecule is CCCCCCCCCCc1ccc(B(OO)OO)cc1. The summed E-state index contributed by atoms with van der Waals surface area (Å²) >= 11 is 0. The maximum Gasteiger partial charge on any atom is 0.554 e. The molecule has 0 spiro atoms. The highest BCUT2D eigenvalue weighted by atomic mass is 17.2. The van der Waals surface area contributed by atoms with Crippen molar-refractivity contribution >= 4 is 12.6 Å². The number of aryl methyl sites for hydroxylation is 1. The third-order valence-electron chi connectivity index (χ3n) is 3.76. The summed E-state index contributed by atoms with van der Waals surface area (Å²) in [6.07, 6.45) is 11.6. The Hall–Kier alpha value is -0.875. The monoisotopic (exact) mass is 294 g/mol. The van der Waals surface area contributed by atoms with Gasteiger partial charge in [0.1, 0.15) is 0 Å². The van der Waals surface area contributed by atoms with Gasteiger partial charge in [-0.2, -0.15) is 0 Å². The minimum atomic E-state index is -1.14. The Morgan fingerprint density at radius 3 is 1.86 bits per heavy atom. The summed E-state index contributed by atoms with van der Waals surface area (Å²) < 4.78 is 0. The van der Waals surface area contributed by atoms with Crippen molar-refractivity contribution in [3.05, 3.63) is 29.8 Å². The summed E-state index contributed by atoms with van der Waals surface area (Å²) in [5, 5.41) is 17.1. The Morgan fingerprint density at radius 1 is 0.810 bits per heavy atom. The van der Waals surface area contributed by atoms with E-state index in [-0.39, 0.29) is 0 Å². The van der Waals surface area contributed by atoms with Gasteiger partial charge in [-0.1, -0.05) is 76.1 Å². The highest BCUT2D eigenvalue weighted by molar-refractivity contribution is 6.60. The third-order valence-corrected chi connectivity index (χ3v) is 3.76. The fourth-order valence-electron chi connectivity index (χ4n) is 2.45. The molecule has 4 nitrogen and oxygen atoms in total. The first-order valence-electron chi connectivity index (χ1n) is 8.01. The molecule has 5 heteroatoms. The molecule has 0 aliphatic carbocycles. The molecular formula is C16H27BO4. The van der Waals surface area contributed by atoms with Crippen LogP contribution in [0.2, 0.25) is 0 Å². The van der Waals surface area contributed by atoms with E-state index in [1.165, 1.54) is 56.9 Å². The molecule has 1 rings (SSSR count). The summed E-state index contributed by atoms with van der Waals surface area (Å²) in [5.74, 6) is 0. The molecule has 1 aromatic carbocycles. The molecule has 0 amide bonds. The van der Waals surface area contributed by atoms with Gasteiger partial charge >= 0.3 is 7.12 Å². The van der Waals surface area contributed by atoms with Crippen molar-refractivity contribution in [3.8, 4) is 0 Å². The van der Waals surface area contributed by atoms with Crippen molar-refractivity contribution < 1.29 is 20.1 Å². The summed E-state index contributed by atoms with van der Waals surface area (Å²) in [4.78, 5) is 8.01. The van der Waals surface area contributed by atoms with Crippen LogP contribution in [0.3, 0.4) is 0 Å². The van der Waals surface area contributed by atoms with E-state index in [1.54, 1.807) is 12.1 Å². The molecule has 0 heterocycles. The number of rotatable bonds is 12. The maximum atomic E-state index is 8.54. The van der Waals surface area contributed by atoms with Gasteiger partial charge in [-0.3, -0.25) is 20.1 Å². The average molecular weight is 294 g/mol. The van der Waals surface area contributed by atoms with E-state index in [1.807, 2.05) is 12.1 Å². The van der Waals surface area contributed by atoms with Gasteiger partial charge in [-0.15, -0.1) is 0 Å². The third kappa shape index (κ3) is 7.62. The van der Waals surface area contributed by atoms with Gasteiger partial charge in [0.15, 0.2) is 0 Å². The summed E-state index contributed by atoms with van der Waals surface area (Å²) in [6, 6.07) is 7.53. The quantitative estimate of drug-likeness (QED) is 0.264. The van der Waals surface area contributed by atoms with E-state index in [2.05, 4.69) is 16.5 Å². The number of hydrogen-bond donors (Lipinski definition) is 2. The molecule has 0 saturated carbocycles. The van der Waals surface area contributed by atoms with Crippen LogP contribution in [0.4, 0.5) is 0 Å². The number of benzene rings is 1. The lowest BCUT2D eigenvalue weighted by Crippen LogP contribution is -2.35. The van der Waals surface area contributed by atoms with Crippen LogP contribution in [-0.2, 0) is 16.0 Å². The maximum absolute atomic E-state index is 8.54. The van der Waals surface area contributed by atoms with E-state index < -0.39 is 7.12 Å². The van der Waals surface area contributed by atoms with E-state index in [0.717, 1.165) is 6.42 Å². The van der Waals surface area contributed by atoms with Crippen LogP contribution in [0.25, 0.3) is 0 Å². The molecule has 1 aromatic rings. The van der Waals surface area contributed by atoms with Crippen LogP contribution in [0.1, 0.15) is 63.9 Å². The summed E-state index contributed by atoms with van der Waals surface area (Å²) in [7, 11) is -1.14. The predicted octanol–water partition coefficient (Wildman–Crippen LogP) is 4.04. The largest absolute Gasteiger partial charge is 0.554 e. The van der Waals surface area contributed by atoms with E-state index >= 15 is 0 Å². The Morgan fingerprint density at radius 2 is 1.33 bits per heavy atom. The Kier molecular flexibility index (Phi) is 10.2. The topological polar surface area (TPSA) is 58.9 Å². The molecule has 0 atom stereocenters. The zero-order valence-corrected chi connectivity index (χ0v) is 13.0. The highest BCUT2D eigenvalue weighted by Gasteiger charge is 2.21. The highest BCUT2D eigenvalue weighted by Crippen LogP contribution is 2.11. The fourth-order valence-corrected chi connectivity index (χ4v) is 2.45. The van der Waals surface area contributed by atoms with Crippen molar-refractivity contribution in [2.24, 2.45) is 0 Å². The van der Waals surface area contributed by atoms with Gasteiger partial charge in [0.25, 0.3) is 0 Å². The van der Waals surface area contributed by atoms with Crippen LogP contribution in [0.5, 0.6) is 0 Å². The van der Waals surface area contributed by atoms with Crippen molar-refractivity contribution in [2.45, 2.75) is 64.7 Å². The second-order valence-corrected chi connectivity index (χ2v) is 5.51. The lowest BCUT2D eigenvalue weighted by atomic mass is 9.79. The van der Waals surface area contributed by atoms with Crippen LogP contribution >= 0.6 is 0 Å². The van der Waals surface area contributed by atoms with Gasteiger partial charge in [-0.25, -0.2) is 0 Å². The molecule has 0 aromatic heterocycles. The number of unbranched alkanes of at least 4 members (excludes halogenated alkanes) is 7. The first kappa shape index (κ1) is 18.2. The van der Waals surface area contributed by atoms with Crippen molar-refractivity contribution in [3.63, 3.8) is 0 Å². The van der Waals surface area contributed by atoms with Gasteiger partial charge in [0.05, 0.1) is 0 Å². The van der Waals surface area contributed by atoms with E-state index in [9.17, 15) is 0 Å². The summed E-state index contributed by atoms with van der Waals surface area (Å²) in [6.45, 7) is 2.24. The van der Waals surface area contributed by atoms with Crippen molar-refractivity contribution in [2.75, 3.05) is 0 Å². The normalized spacial score (nSPS) is 10.8. The molecule has 0 fully saturated rings. The average Bonchev–Trinajstić information content (AvgIpc) is 2.52. The van der Waals surface area contributed by atoms with E-state index in [0.29, 0.717) is 5.46 Å². The Labute approximate surface area is 128 Å². The molecule has 0 radical (unpaired) electrons. The van der Waals surface area contributed by atoms with Crippen LogP contribution < -0.4 is 5.46 Å². The van der Waals surface area contributed by atoms with Gasteiger partial charge in [-0.05, 0) is 23.9 Å². The molecule has 0 unspecified atom stereocenters. The lowest BCUT2D eigenvalue weighted by Gasteiger charge is -2.07. The van der Waals surface area contributed by atoms with Crippen molar-refractivity contribution in [1.29, 1.82) is 0 Å². The molecular weight excluding hydrogens is 267 g/mol. The fraction of sp³-hybridized carbons (Fsp3) is 0.625. The van der Waals surface area contributed by atoms with Gasteiger partial charge < -0.3 is 0 Å². The van der Waals surface area contributed by atoms with Crippen LogP contribution in [0.15, 0.2) is 24.3 Å².